The van der Waals surface area contributed by atoms with E-state index in [0.29, 0.717) is 30.1 Å². The van der Waals surface area contributed by atoms with Gasteiger partial charge < -0.3 is 18.9 Å². The zero-order chi connectivity index (χ0) is 21.4. The Labute approximate surface area is 185 Å². The Hall–Kier alpha value is -2.26. The smallest absolute Gasteiger partial charge is 0.158 e. The zero-order valence-electron chi connectivity index (χ0n) is 17.6. The van der Waals surface area contributed by atoms with Crippen LogP contribution >= 0.6 is 11.6 Å². The number of aryl methyl sites for hydroxylation is 1. The van der Waals surface area contributed by atoms with Gasteiger partial charge in [-0.15, -0.1) is 0 Å². The molecule has 3 aromatic heterocycles. The lowest BCUT2D eigenvalue weighted by Gasteiger charge is -2.35. The lowest BCUT2D eigenvalue weighted by molar-refractivity contribution is -0.117. The van der Waals surface area contributed by atoms with Gasteiger partial charge in [0.15, 0.2) is 5.82 Å². The molecule has 0 bridgehead atoms. The quantitative estimate of drug-likeness (QED) is 0.538. The molecule has 2 fully saturated rings. The van der Waals surface area contributed by atoms with Crippen molar-refractivity contribution in [3.05, 3.63) is 40.9 Å². The van der Waals surface area contributed by atoms with Crippen LogP contribution < -0.4 is 4.74 Å². The highest BCUT2D eigenvalue weighted by molar-refractivity contribution is 6.30. The van der Waals surface area contributed by atoms with Crippen molar-refractivity contribution in [1.29, 1.82) is 0 Å². The van der Waals surface area contributed by atoms with Gasteiger partial charge >= 0.3 is 0 Å². The van der Waals surface area contributed by atoms with E-state index in [-0.39, 0.29) is 0 Å². The SMILES string of the molecule is COC1(c2cc(OCC3COC3)cc(-n3nc(C)c4cnc(Cl)cc43)n2)CCCOC1. The first-order valence-corrected chi connectivity index (χ1v) is 10.8. The largest absolute Gasteiger partial charge is 0.493 e. The van der Waals surface area contributed by atoms with E-state index in [2.05, 4.69) is 4.98 Å². The van der Waals surface area contributed by atoms with Gasteiger partial charge in [0.05, 0.1) is 43.3 Å². The minimum absolute atomic E-state index is 0.403. The highest BCUT2D eigenvalue weighted by Gasteiger charge is 2.37. The van der Waals surface area contributed by atoms with E-state index in [0.717, 1.165) is 60.7 Å². The molecular weight excluding hydrogens is 420 g/mol. The van der Waals surface area contributed by atoms with Gasteiger partial charge in [-0.3, -0.25) is 0 Å². The van der Waals surface area contributed by atoms with Crippen LogP contribution in [0.25, 0.3) is 16.7 Å². The van der Waals surface area contributed by atoms with Gasteiger partial charge in [0.1, 0.15) is 16.5 Å². The molecule has 0 aliphatic carbocycles. The molecule has 0 saturated carbocycles. The molecule has 0 radical (unpaired) electrons. The standard InChI is InChI=1S/C22H25ClN4O4/c1-14-17-9-24-20(23)8-18(17)27(26-14)21-7-16(31-12-15-10-30-11-15)6-19(25-21)22(28-2)4-3-5-29-13-22/h6-9,15H,3-5,10-13H2,1-2H3. The predicted octanol–water partition coefficient (Wildman–Crippen LogP) is 3.45. The molecule has 0 aromatic carbocycles. The molecule has 3 aromatic rings. The summed E-state index contributed by atoms with van der Waals surface area (Å²) in [5.41, 5.74) is 1.84. The minimum Gasteiger partial charge on any atom is -0.493 e. The summed E-state index contributed by atoms with van der Waals surface area (Å²) in [6.07, 6.45) is 3.46. The highest BCUT2D eigenvalue weighted by Crippen LogP contribution is 2.36. The molecule has 1 unspecified atom stereocenters. The Morgan fingerprint density at radius 3 is 2.84 bits per heavy atom. The van der Waals surface area contributed by atoms with Gasteiger partial charge in [0.25, 0.3) is 0 Å². The van der Waals surface area contributed by atoms with Gasteiger partial charge in [-0.05, 0) is 19.8 Å². The van der Waals surface area contributed by atoms with Gasteiger partial charge in [-0.2, -0.15) is 5.10 Å². The number of aromatic nitrogens is 4. The number of ether oxygens (including phenoxy) is 4. The molecular formula is C22H25ClN4O4. The number of halogens is 1. The normalized spacial score (nSPS) is 21.9. The summed E-state index contributed by atoms with van der Waals surface area (Å²) in [7, 11) is 1.70. The summed E-state index contributed by atoms with van der Waals surface area (Å²) >= 11 is 6.18. The fourth-order valence-corrected chi connectivity index (χ4v) is 4.21. The Kier molecular flexibility index (Phi) is 5.56. The average molecular weight is 445 g/mol. The third-order valence-electron chi connectivity index (χ3n) is 5.97. The second-order valence-electron chi connectivity index (χ2n) is 8.14. The van der Waals surface area contributed by atoms with Crippen LogP contribution in [0.3, 0.4) is 0 Å². The number of pyridine rings is 2. The highest BCUT2D eigenvalue weighted by atomic mass is 35.5. The topological polar surface area (TPSA) is 80.5 Å². The maximum Gasteiger partial charge on any atom is 0.158 e. The summed E-state index contributed by atoms with van der Waals surface area (Å²) in [5, 5.41) is 6.03. The third-order valence-corrected chi connectivity index (χ3v) is 6.18. The maximum absolute atomic E-state index is 6.18. The molecule has 2 aliphatic rings. The van der Waals surface area contributed by atoms with E-state index >= 15 is 0 Å². The van der Waals surface area contributed by atoms with Crippen molar-refractivity contribution in [2.24, 2.45) is 5.92 Å². The second kappa shape index (κ2) is 8.35. The van der Waals surface area contributed by atoms with Crippen molar-refractivity contribution in [3.8, 4) is 11.6 Å². The lowest BCUT2D eigenvalue weighted by Crippen LogP contribution is -2.39. The van der Waals surface area contributed by atoms with Crippen molar-refractivity contribution in [1.82, 2.24) is 19.7 Å². The van der Waals surface area contributed by atoms with Crippen molar-refractivity contribution in [3.63, 3.8) is 0 Å². The predicted molar refractivity (Wildman–Crippen MR) is 115 cm³/mol. The van der Waals surface area contributed by atoms with Crippen LogP contribution in [0.1, 0.15) is 24.2 Å². The summed E-state index contributed by atoms with van der Waals surface area (Å²) in [4.78, 5) is 9.14. The zero-order valence-corrected chi connectivity index (χ0v) is 18.4. The van der Waals surface area contributed by atoms with Gasteiger partial charge in [-0.25, -0.2) is 14.6 Å². The van der Waals surface area contributed by atoms with Gasteiger partial charge in [0.2, 0.25) is 0 Å². The Morgan fingerprint density at radius 1 is 1.26 bits per heavy atom. The van der Waals surface area contributed by atoms with E-state index in [1.165, 1.54) is 0 Å². The molecule has 31 heavy (non-hydrogen) atoms. The Bertz CT molecular complexity index is 1090. The average Bonchev–Trinajstić information content (AvgIpc) is 3.08. The number of fused-ring (bicyclic) bond motifs is 1. The van der Waals surface area contributed by atoms with Crippen LogP contribution in [-0.4, -0.2) is 59.9 Å². The summed E-state index contributed by atoms with van der Waals surface area (Å²) in [6, 6.07) is 5.65. The van der Waals surface area contributed by atoms with Gasteiger partial charge in [-0.1, -0.05) is 11.6 Å². The van der Waals surface area contributed by atoms with Crippen LogP contribution in [0.15, 0.2) is 24.4 Å². The van der Waals surface area contributed by atoms with E-state index in [1.54, 1.807) is 24.1 Å². The molecule has 5 rings (SSSR count). The molecule has 5 heterocycles. The number of hydrogen-bond donors (Lipinski definition) is 0. The van der Waals surface area contributed by atoms with Crippen molar-refractivity contribution in [2.45, 2.75) is 25.4 Å². The Morgan fingerprint density at radius 2 is 2.13 bits per heavy atom. The molecule has 8 nitrogen and oxygen atoms in total. The fraction of sp³-hybridized carbons (Fsp3) is 0.500. The molecule has 164 valence electrons. The first-order valence-electron chi connectivity index (χ1n) is 10.5. The number of hydrogen-bond acceptors (Lipinski definition) is 7. The fourth-order valence-electron chi connectivity index (χ4n) is 4.05. The maximum atomic E-state index is 6.18. The number of methoxy groups -OCH3 is 1. The van der Waals surface area contributed by atoms with Crippen molar-refractivity contribution in [2.75, 3.05) is 40.1 Å². The van der Waals surface area contributed by atoms with Crippen LogP contribution in [0.4, 0.5) is 0 Å². The molecule has 0 spiro atoms. The monoisotopic (exact) mass is 444 g/mol. The summed E-state index contributed by atoms with van der Waals surface area (Å²) in [5.74, 6) is 1.77. The molecule has 0 N–H and O–H groups in total. The molecule has 0 amide bonds. The molecule has 2 aliphatic heterocycles. The van der Waals surface area contributed by atoms with Crippen molar-refractivity contribution >= 4 is 22.5 Å². The van der Waals surface area contributed by atoms with Gasteiger partial charge in [0, 0.05) is 49.4 Å². The van der Waals surface area contributed by atoms with Crippen molar-refractivity contribution < 1.29 is 18.9 Å². The van der Waals surface area contributed by atoms with Crippen LogP contribution in [0, 0.1) is 12.8 Å². The Balaban J connectivity index is 1.61. The van der Waals surface area contributed by atoms with Crippen LogP contribution in [0.5, 0.6) is 5.75 Å². The first kappa shape index (κ1) is 20.6. The third kappa shape index (κ3) is 3.89. The van der Waals surface area contributed by atoms with E-state index in [9.17, 15) is 0 Å². The number of rotatable bonds is 6. The van der Waals surface area contributed by atoms with E-state index in [4.69, 9.17) is 40.6 Å². The molecule has 9 heteroatoms. The van der Waals surface area contributed by atoms with E-state index in [1.807, 2.05) is 19.1 Å². The molecule has 2 saturated heterocycles. The van der Waals surface area contributed by atoms with E-state index < -0.39 is 5.60 Å². The summed E-state index contributed by atoms with van der Waals surface area (Å²) in [6.45, 7) is 5.17. The number of nitrogens with zero attached hydrogens (tertiary/aromatic N) is 4. The first-order chi connectivity index (χ1) is 15.1. The second-order valence-corrected chi connectivity index (χ2v) is 8.52. The molecule has 1 atom stereocenters. The summed E-state index contributed by atoms with van der Waals surface area (Å²) < 4.78 is 24.9. The van der Waals surface area contributed by atoms with Crippen LogP contribution in [0.2, 0.25) is 5.15 Å². The van der Waals surface area contributed by atoms with Crippen LogP contribution in [-0.2, 0) is 19.8 Å². The minimum atomic E-state index is -0.622. The lowest BCUT2D eigenvalue weighted by atomic mass is 9.92.